The normalized spacial score (nSPS) is 11.6. The molecular formula is C23H26O5. The lowest BCUT2D eigenvalue weighted by atomic mass is 9.86. The van der Waals surface area contributed by atoms with Crippen molar-refractivity contribution in [2.75, 3.05) is 0 Å². The Morgan fingerprint density at radius 2 is 0.857 bits per heavy atom. The molecule has 148 valence electrons. The molecule has 0 unspecified atom stereocenters. The number of ether oxygens (including phenoxy) is 2. The number of hydrogen-bond donors (Lipinski definition) is 0. The van der Waals surface area contributed by atoms with E-state index in [9.17, 15) is 14.4 Å². The summed E-state index contributed by atoms with van der Waals surface area (Å²) in [5.74, 6) is 0.558. The van der Waals surface area contributed by atoms with Gasteiger partial charge in [-0.05, 0) is 48.5 Å². The number of Topliss-reactive ketones (excluding diaryl/α,β-unsaturated/α-hetero) is 2. The van der Waals surface area contributed by atoms with Crippen molar-refractivity contribution in [3.05, 3.63) is 59.7 Å². The van der Waals surface area contributed by atoms with E-state index in [0.717, 1.165) is 0 Å². The highest BCUT2D eigenvalue weighted by molar-refractivity contribution is 6.00. The lowest BCUT2D eigenvalue weighted by Crippen LogP contribution is -2.20. The second kappa shape index (κ2) is 7.97. The number of ketones is 2. The Hall–Kier alpha value is -2.95. The van der Waals surface area contributed by atoms with Gasteiger partial charge in [0, 0.05) is 22.0 Å². The molecule has 2 aromatic rings. The van der Waals surface area contributed by atoms with Crippen LogP contribution in [0.5, 0.6) is 11.5 Å². The Balaban J connectivity index is 1.99. The van der Waals surface area contributed by atoms with E-state index in [0.29, 0.717) is 11.1 Å². The van der Waals surface area contributed by atoms with Crippen LogP contribution in [0.15, 0.2) is 48.5 Å². The minimum absolute atomic E-state index is 0.00604. The standard InChI is InChI=1S/C23H26O5/c1-22(2,3)19(24)15-7-11-17(12-8-15)27-21(26)28-18-13-9-16(10-14-18)20(25)23(4,5)6/h7-14H,1-6H3. The van der Waals surface area contributed by atoms with Crippen molar-refractivity contribution >= 4 is 17.7 Å². The highest BCUT2D eigenvalue weighted by Gasteiger charge is 2.24. The summed E-state index contributed by atoms with van der Waals surface area (Å²) in [5.41, 5.74) is 0.128. The van der Waals surface area contributed by atoms with Gasteiger partial charge in [0.25, 0.3) is 0 Å². The lowest BCUT2D eigenvalue weighted by Gasteiger charge is -2.16. The van der Waals surface area contributed by atoms with Crippen LogP contribution in [-0.4, -0.2) is 17.7 Å². The van der Waals surface area contributed by atoms with E-state index in [1.807, 2.05) is 41.5 Å². The molecule has 0 aliphatic carbocycles. The smallest absolute Gasteiger partial charge is 0.395 e. The summed E-state index contributed by atoms with van der Waals surface area (Å²) in [6.45, 7) is 11.1. The van der Waals surface area contributed by atoms with Crippen LogP contribution in [0, 0.1) is 10.8 Å². The van der Waals surface area contributed by atoms with Crippen molar-refractivity contribution in [3.63, 3.8) is 0 Å². The summed E-state index contributed by atoms with van der Waals surface area (Å²) in [5, 5.41) is 0. The first-order valence-corrected chi connectivity index (χ1v) is 9.07. The van der Waals surface area contributed by atoms with E-state index in [1.54, 1.807) is 48.5 Å². The van der Waals surface area contributed by atoms with Gasteiger partial charge in [0.1, 0.15) is 11.5 Å². The predicted molar refractivity (Wildman–Crippen MR) is 107 cm³/mol. The fourth-order valence-electron chi connectivity index (χ4n) is 2.43. The van der Waals surface area contributed by atoms with Crippen LogP contribution in [-0.2, 0) is 0 Å². The maximum atomic E-state index is 12.2. The van der Waals surface area contributed by atoms with Crippen LogP contribution >= 0.6 is 0 Å². The van der Waals surface area contributed by atoms with E-state index in [2.05, 4.69) is 0 Å². The quantitative estimate of drug-likeness (QED) is 0.384. The van der Waals surface area contributed by atoms with Crippen molar-refractivity contribution in [1.29, 1.82) is 0 Å². The summed E-state index contributed by atoms with van der Waals surface area (Å²) in [7, 11) is 0. The van der Waals surface area contributed by atoms with Crippen LogP contribution in [0.3, 0.4) is 0 Å². The number of benzene rings is 2. The number of rotatable bonds is 4. The van der Waals surface area contributed by atoms with Crippen molar-refractivity contribution in [2.24, 2.45) is 10.8 Å². The maximum absolute atomic E-state index is 12.2. The van der Waals surface area contributed by atoms with E-state index in [-0.39, 0.29) is 23.1 Å². The molecule has 0 saturated carbocycles. The Morgan fingerprint density at radius 3 is 1.11 bits per heavy atom. The lowest BCUT2D eigenvalue weighted by molar-refractivity contribution is 0.0852. The van der Waals surface area contributed by atoms with E-state index >= 15 is 0 Å². The maximum Gasteiger partial charge on any atom is 0.519 e. The highest BCUT2D eigenvalue weighted by Crippen LogP contribution is 2.24. The molecule has 0 aliphatic heterocycles. The molecule has 0 fully saturated rings. The molecule has 0 aliphatic rings. The molecule has 0 N–H and O–H groups in total. The SMILES string of the molecule is CC(C)(C)C(=O)c1ccc(OC(=O)Oc2ccc(C(=O)C(C)(C)C)cc2)cc1. The molecule has 0 aromatic heterocycles. The van der Waals surface area contributed by atoms with Crippen LogP contribution < -0.4 is 9.47 Å². The summed E-state index contributed by atoms with van der Waals surface area (Å²) >= 11 is 0. The molecule has 0 heterocycles. The zero-order chi connectivity index (χ0) is 21.1. The minimum atomic E-state index is -0.898. The third kappa shape index (κ3) is 5.52. The summed E-state index contributed by atoms with van der Waals surface area (Å²) in [6, 6.07) is 12.6. The van der Waals surface area contributed by atoms with Gasteiger partial charge in [-0.15, -0.1) is 0 Å². The molecule has 0 amide bonds. The molecule has 28 heavy (non-hydrogen) atoms. The molecule has 0 saturated heterocycles. The largest absolute Gasteiger partial charge is 0.519 e. The first-order chi connectivity index (χ1) is 12.9. The fraction of sp³-hybridized carbons (Fsp3) is 0.348. The first kappa shape index (κ1) is 21.4. The molecule has 5 heteroatoms. The average molecular weight is 382 g/mol. The zero-order valence-corrected chi connectivity index (χ0v) is 17.2. The summed E-state index contributed by atoms with van der Waals surface area (Å²) in [4.78, 5) is 36.4. The third-order valence-corrected chi connectivity index (χ3v) is 4.00. The second-order valence-corrected chi connectivity index (χ2v) is 8.66. The third-order valence-electron chi connectivity index (χ3n) is 4.00. The summed E-state index contributed by atoms with van der Waals surface area (Å²) < 4.78 is 10.3. The van der Waals surface area contributed by atoms with Gasteiger partial charge in [-0.1, -0.05) is 41.5 Å². The van der Waals surface area contributed by atoms with Gasteiger partial charge in [-0.3, -0.25) is 9.59 Å². The predicted octanol–water partition coefficient (Wildman–Crippen LogP) is 5.72. The Kier molecular flexibility index (Phi) is 6.07. The molecular weight excluding hydrogens is 356 g/mol. The molecule has 5 nitrogen and oxygen atoms in total. The molecule has 2 aromatic carbocycles. The van der Waals surface area contributed by atoms with Gasteiger partial charge in [-0.25, -0.2) is 4.79 Å². The number of carbonyl (C=O) groups excluding carboxylic acids is 3. The van der Waals surface area contributed by atoms with Crippen LogP contribution in [0.1, 0.15) is 62.3 Å². The van der Waals surface area contributed by atoms with Crippen molar-refractivity contribution in [2.45, 2.75) is 41.5 Å². The van der Waals surface area contributed by atoms with Gasteiger partial charge in [0.2, 0.25) is 0 Å². The fourth-order valence-corrected chi connectivity index (χ4v) is 2.43. The molecule has 0 spiro atoms. The molecule has 0 radical (unpaired) electrons. The van der Waals surface area contributed by atoms with E-state index in [1.165, 1.54) is 0 Å². The molecule has 0 atom stereocenters. The van der Waals surface area contributed by atoms with Gasteiger partial charge in [0.15, 0.2) is 11.6 Å². The van der Waals surface area contributed by atoms with Crippen molar-refractivity contribution in [1.82, 2.24) is 0 Å². The minimum Gasteiger partial charge on any atom is -0.395 e. The highest BCUT2D eigenvalue weighted by atomic mass is 16.7. The number of carbonyl (C=O) groups is 3. The van der Waals surface area contributed by atoms with Crippen LogP contribution in [0.4, 0.5) is 4.79 Å². The van der Waals surface area contributed by atoms with E-state index in [4.69, 9.17) is 9.47 Å². The van der Waals surface area contributed by atoms with Gasteiger partial charge >= 0.3 is 6.16 Å². The van der Waals surface area contributed by atoms with Crippen LogP contribution in [0.2, 0.25) is 0 Å². The van der Waals surface area contributed by atoms with Gasteiger partial charge in [-0.2, -0.15) is 0 Å². The van der Waals surface area contributed by atoms with Crippen LogP contribution in [0.25, 0.3) is 0 Å². The number of hydrogen-bond acceptors (Lipinski definition) is 5. The monoisotopic (exact) mass is 382 g/mol. The Morgan fingerprint density at radius 1 is 0.571 bits per heavy atom. The van der Waals surface area contributed by atoms with Gasteiger partial charge in [0.05, 0.1) is 0 Å². The van der Waals surface area contributed by atoms with Crippen molar-refractivity contribution in [3.8, 4) is 11.5 Å². The Bertz CT molecular complexity index is 790. The zero-order valence-electron chi connectivity index (χ0n) is 17.2. The van der Waals surface area contributed by atoms with Gasteiger partial charge < -0.3 is 9.47 Å². The average Bonchev–Trinajstić information content (AvgIpc) is 2.60. The summed E-state index contributed by atoms with van der Waals surface area (Å²) in [6.07, 6.45) is -0.898. The van der Waals surface area contributed by atoms with E-state index < -0.39 is 17.0 Å². The second-order valence-electron chi connectivity index (χ2n) is 8.66. The van der Waals surface area contributed by atoms with Crippen molar-refractivity contribution < 1.29 is 23.9 Å². The Labute approximate surface area is 165 Å². The molecule has 0 bridgehead atoms. The molecule has 2 rings (SSSR count). The topological polar surface area (TPSA) is 69.7 Å². The first-order valence-electron chi connectivity index (χ1n) is 9.07.